The molecule has 8 N–H and O–H groups in total. The number of carboxylic acid groups (broad SMARTS) is 1. The fourth-order valence-corrected chi connectivity index (χ4v) is 4.59. The van der Waals surface area contributed by atoms with Crippen LogP contribution in [0, 0.1) is 0 Å². The molecule has 1 aromatic heterocycles. The van der Waals surface area contributed by atoms with Crippen LogP contribution in [0.25, 0.3) is 0 Å². The van der Waals surface area contributed by atoms with Gasteiger partial charge in [-0.25, -0.2) is 9.78 Å². The summed E-state index contributed by atoms with van der Waals surface area (Å²) in [6.07, 6.45) is 1.33. The van der Waals surface area contributed by atoms with Crippen LogP contribution in [0.4, 0.5) is 5.13 Å². The minimum atomic E-state index is -2.65. The molecule has 3 aromatic rings. The summed E-state index contributed by atoms with van der Waals surface area (Å²) in [4.78, 5) is 59.7. The quantitative estimate of drug-likeness (QED) is 0.154. The highest BCUT2D eigenvalue weighted by atomic mass is 32.1. The topological polar surface area (TPSA) is 214 Å². The molecule has 2 aromatic carbocycles. The van der Waals surface area contributed by atoms with Gasteiger partial charge in [0, 0.05) is 0 Å². The van der Waals surface area contributed by atoms with E-state index in [0.717, 1.165) is 11.3 Å². The van der Waals surface area contributed by atoms with Crippen molar-refractivity contribution >= 4 is 50.0 Å². The Hall–Kier alpha value is -3.75. The summed E-state index contributed by atoms with van der Waals surface area (Å²) >= 11 is 0.928. The van der Waals surface area contributed by atoms with Crippen molar-refractivity contribution in [2.24, 2.45) is 0 Å². The van der Waals surface area contributed by atoms with Crippen molar-refractivity contribution in [1.29, 1.82) is 0 Å². The van der Waals surface area contributed by atoms with Gasteiger partial charge in [-0.3, -0.25) is 9.59 Å². The SMILES string of the molecule is Nc1ncc(C(=O)N[C@@H](C(=O)N[C@H]2Cc3cccc(C(=O)O)c3OB2O)c2ccc(OP(O)O)cc2)s1. The lowest BCUT2D eigenvalue weighted by molar-refractivity contribution is -0.123. The molecular formula is C21H20BN4O9PS. The highest BCUT2D eigenvalue weighted by Gasteiger charge is 2.39. The van der Waals surface area contributed by atoms with Gasteiger partial charge >= 0.3 is 21.7 Å². The van der Waals surface area contributed by atoms with E-state index in [2.05, 4.69) is 15.6 Å². The Bertz CT molecular complexity index is 1320. The van der Waals surface area contributed by atoms with Crippen LogP contribution >= 0.6 is 19.9 Å². The number of nitrogens with one attached hydrogen (secondary N) is 2. The van der Waals surface area contributed by atoms with Crippen molar-refractivity contribution in [2.45, 2.75) is 18.4 Å². The first-order chi connectivity index (χ1) is 17.6. The van der Waals surface area contributed by atoms with E-state index in [0.29, 0.717) is 11.1 Å². The first-order valence-electron chi connectivity index (χ1n) is 10.6. The number of nitrogen functional groups attached to an aromatic ring is 1. The Morgan fingerprint density at radius 1 is 1.22 bits per heavy atom. The molecule has 1 aliphatic rings. The predicted molar refractivity (Wildman–Crippen MR) is 133 cm³/mol. The summed E-state index contributed by atoms with van der Waals surface area (Å²) in [7, 11) is -4.20. The van der Waals surface area contributed by atoms with Crippen LogP contribution in [0.5, 0.6) is 11.5 Å². The monoisotopic (exact) mass is 546 g/mol. The molecule has 16 heteroatoms. The number of nitrogens with two attached hydrogens (primary N) is 1. The smallest absolute Gasteiger partial charge is 0.534 e. The number of para-hydroxylation sites is 1. The molecule has 4 rings (SSSR count). The predicted octanol–water partition coefficient (Wildman–Crippen LogP) is 0.625. The maximum absolute atomic E-state index is 13.3. The number of anilines is 1. The molecule has 0 bridgehead atoms. The van der Waals surface area contributed by atoms with Crippen molar-refractivity contribution in [3.05, 3.63) is 70.2 Å². The average Bonchev–Trinajstić information content (AvgIpc) is 3.29. The first kappa shape index (κ1) is 26.3. The average molecular weight is 546 g/mol. The lowest BCUT2D eigenvalue weighted by Gasteiger charge is -2.30. The number of thiazole rings is 1. The van der Waals surface area contributed by atoms with Gasteiger partial charge < -0.3 is 45.5 Å². The highest BCUT2D eigenvalue weighted by Crippen LogP contribution is 2.31. The van der Waals surface area contributed by atoms with Crippen molar-refractivity contribution < 1.29 is 43.5 Å². The Labute approximate surface area is 215 Å². The van der Waals surface area contributed by atoms with E-state index in [4.69, 9.17) is 24.7 Å². The van der Waals surface area contributed by atoms with Crippen LogP contribution in [0.2, 0.25) is 0 Å². The largest absolute Gasteiger partial charge is 0.547 e. The van der Waals surface area contributed by atoms with Crippen LogP contribution in [-0.2, 0) is 11.2 Å². The van der Waals surface area contributed by atoms with Gasteiger partial charge in [0.2, 0.25) is 5.91 Å². The van der Waals surface area contributed by atoms with Gasteiger partial charge in [-0.15, -0.1) is 0 Å². The molecule has 192 valence electrons. The molecule has 37 heavy (non-hydrogen) atoms. The van der Waals surface area contributed by atoms with Gasteiger partial charge in [-0.05, 0) is 35.7 Å². The van der Waals surface area contributed by atoms with Crippen LogP contribution in [0.3, 0.4) is 0 Å². The number of carboxylic acids is 1. The van der Waals surface area contributed by atoms with Crippen LogP contribution < -0.4 is 25.5 Å². The van der Waals surface area contributed by atoms with E-state index in [1.807, 2.05) is 0 Å². The van der Waals surface area contributed by atoms with Gasteiger partial charge in [-0.1, -0.05) is 35.6 Å². The zero-order chi connectivity index (χ0) is 26.7. The Morgan fingerprint density at radius 3 is 2.57 bits per heavy atom. The summed E-state index contributed by atoms with van der Waals surface area (Å²) in [6.45, 7) is 0. The Balaban J connectivity index is 1.57. The molecule has 0 aliphatic carbocycles. The maximum Gasteiger partial charge on any atom is 0.547 e. The van der Waals surface area contributed by atoms with Crippen LogP contribution in [0.15, 0.2) is 48.7 Å². The third kappa shape index (κ3) is 6.16. The number of benzene rings is 2. The second-order valence-electron chi connectivity index (χ2n) is 7.81. The number of carbonyl (C=O) groups is 3. The normalized spacial score (nSPS) is 15.4. The van der Waals surface area contributed by atoms with E-state index in [9.17, 15) is 24.5 Å². The van der Waals surface area contributed by atoms with Crippen LogP contribution in [-0.4, -0.2) is 55.7 Å². The molecule has 0 spiro atoms. The van der Waals surface area contributed by atoms with E-state index in [-0.39, 0.29) is 33.5 Å². The minimum Gasteiger partial charge on any atom is -0.534 e. The number of carbonyl (C=O) groups excluding carboxylic acids is 2. The number of aromatic nitrogens is 1. The number of nitrogens with zero attached hydrogens (tertiary/aromatic N) is 1. The van der Waals surface area contributed by atoms with E-state index >= 15 is 0 Å². The number of amides is 2. The van der Waals surface area contributed by atoms with Gasteiger partial charge in [0.25, 0.3) is 5.91 Å². The number of rotatable bonds is 8. The standard InChI is InChI=1S/C21H20BN4O9PS/c23-21-24-9-14(37-21)18(27)26-16(10-4-6-12(7-5-10)35-36(32)33)19(28)25-15-8-11-2-1-3-13(20(29)30)17(11)34-22(15)31/h1-7,9,15-16,31-33H,8H2,(H2,23,24)(H,25,28)(H,26,27)(H,29,30)/t15-,16+/m0/s1. The summed E-state index contributed by atoms with van der Waals surface area (Å²) in [6, 6.07) is 8.90. The second-order valence-corrected chi connectivity index (χ2v) is 9.56. The molecule has 13 nitrogen and oxygen atoms in total. The first-order valence-corrected chi connectivity index (χ1v) is 12.6. The Morgan fingerprint density at radius 2 is 1.95 bits per heavy atom. The fraction of sp³-hybridized carbons (Fsp3) is 0.143. The zero-order valence-electron chi connectivity index (χ0n) is 18.8. The molecular weight excluding hydrogens is 526 g/mol. The third-order valence-electron chi connectivity index (χ3n) is 5.36. The fourth-order valence-electron chi connectivity index (χ4n) is 3.69. The highest BCUT2D eigenvalue weighted by molar-refractivity contribution is 7.39. The molecule has 0 radical (unpaired) electrons. The molecule has 1 aliphatic heterocycles. The van der Waals surface area contributed by atoms with Gasteiger partial charge in [0.15, 0.2) is 5.13 Å². The summed E-state index contributed by atoms with van der Waals surface area (Å²) in [5.74, 6) is -3.36. The molecule has 0 saturated heterocycles. The Kier molecular flexibility index (Phi) is 7.90. The van der Waals surface area contributed by atoms with E-state index in [1.54, 1.807) is 6.07 Å². The van der Waals surface area contributed by atoms with Gasteiger partial charge in [-0.2, -0.15) is 0 Å². The molecule has 2 heterocycles. The number of hydrogen-bond acceptors (Lipinski definition) is 11. The lowest BCUT2D eigenvalue weighted by Crippen LogP contribution is -2.55. The van der Waals surface area contributed by atoms with Crippen molar-refractivity contribution in [3.8, 4) is 11.5 Å². The lowest BCUT2D eigenvalue weighted by atomic mass is 9.72. The van der Waals surface area contributed by atoms with Crippen molar-refractivity contribution in [3.63, 3.8) is 0 Å². The molecule has 0 fully saturated rings. The summed E-state index contributed by atoms with van der Waals surface area (Å²) in [5, 5.41) is 25.3. The maximum atomic E-state index is 13.3. The molecule has 0 saturated carbocycles. The van der Waals surface area contributed by atoms with Crippen molar-refractivity contribution in [1.82, 2.24) is 15.6 Å². The number of aromatic carboxylic acids is 1. The molecule has 0 unspecified atom stereocenters. The van der Waals surface area contributed by atoms with Crippen molar-refractivity contribution in [2.75, 3.05) is 5.73 Å². The van der Waals surface area contributed by atoms with E-state index in [1.165, 1.54) is 42.6 Å². The molecule has 2 amide bonds. The number of hydrogen-bond donors (Lipinski definition) is 7. The van der Waals surface area contributed by atoms with Crippen LogP contribution in [0.1, 0.15) is 37.2 Å². The number of fused-ring (bicyclic) bond motifs is 1. The third-order valence-corrected chi connectivity index (χ3v) is 6.56. The van der Waals surface area contributed by atoms with Gasteiger partial charge in [0.1, 0.15) is 22.4 Å². The minimum absolute atomic E-state index is 0.0175. The zero-order valence-corrected chi connectivity index (χ0v) is 20.5. The molecule has 2 atom stereocenters. The van der Waals surface area contributed by atoms with E-state index < -0.39 is 45.5 Å². The second kappa shape index (κ2) is 11.1. The van der Waals surface area contributed by atoms with Gasteiger partial charge in [0.05, 0.1) is 17.7 Å². The summed E-state index contributed by atoms with van der Waals surface area (Å²) < 4.78 is 10.3. The summed E-state index contributed by atoms with van der Waals surface area (Å²) in [5.41, 5.74) is 6.27.